The molecule has 1 saturated carbocycles. The number of nitrogens with zero attached hydrogens (tertiary/aromatic N) is 1. The molecule has 0 aromatic rings. The summed E-state index contributed by atoms with van der Waals surface area (Å²) in [5, 5.41) is 0. The largest absolute Gasteiger partial charge is 0.376 e. The Hall–Kier alpha value is -0.0800. The number of hydrogen-bond acceptors (Lipinski definition) is 2. The summed E-state index contributed by atoms with van der Waals surface area (Å²) in [7, 11) is 4.36. The van der Waals surface area contributed by atoms with E-state index in [1.54, 1.807) is 0 Å². The molecule has 2 atom stereocenters. The predicted molar refractivity (Wildman–Crippen MR) is 60.5 cm³/mol. The van der Waals surface area contributed by atoms with Gasteiger partial charge in [-0.25, -0.2) is 0 Å². The molecule has 1 rings (SSSR count). The van der Waals surface area contributed by atoms with Crippen molar-refractivity contribution in [1.29, 1.82) is 0 Å². The van der Waals surface area contributed by atoms with Crippen LogP contribution in [0.3, 0.4) is 0 Å². The maximum Gasteiger partial charge on any atom is 0.0598 e. The number of hydrogen-bond donors (Lipinski definition) is 0. The predicted octanol–water partition coefficient (Wildman–Crippen LogP) is 2.53. The SMILES string of the molecule is CN(C)[C@@H]1CC[C@H](COC(C)(C)C)C1. The van der Waals surface area contributed by atoms with Crippen molar-refractivity contribution in [2.24, 2.45) is 5.92 Å². The summed E-state index contributed by atoms with van der Waals surface area (Å²) >= 11 is 0. The van der Waals surface area contributed by atoms with E-state index in [2.05, 4.69) is 39.8 Å². The number of rotatable bonds is 3. The highest BCUT2D eigenvalue weighted by Gasteiger charge is 2.27. The summed E-state index contributed by atoms with van der Waals surface area (Å²) in [5.74, 6) is 0.779. The van der Waals surface area contributed by atoms with Crippen molar-refractivity contribution in [3.63, 3.8) is 0 Å². The van der Waals surface area contributed by atoms with Crippen molar-refractivity contribution in [3.05, 3.63) is 0 Å². The highest BCUT2D eigenvalue weighted by molar-refractivity contribution is 4.80. The third kappa shape index (κ3) is 3.97. The molecule has 84 valence electrons. The van der Waals surface area contributed by atoms with E-state index in [1.807, 2.05) is 0 Å². The molecular weight excluding hydrogens is 174 g/mol. The standard InChI is InChI=1S/C12H25NO/c1-12(2,3)14-9-10-6-7-11(8-10)13(4)5/h10-11H,6-9H2,1-5H3/t10-,11+/m0/s1. The monoisotopic (exact) mass is 199 g/mol. The lowest BCUT2D eigenvalue weighted by atomic mass is 10.1. The van der Waals surface area contributed by atoms with E-state index in [0.717, 1.165) is 18.6 Å². The Bertz CT molecular complexity index is 172. The maximum atomic E-state index is 5.82. The topological polar surface area (TPSA) is 12.5 Å². The lowest BCUT2D eigenvalue weighted by Gasteiger charge is -2.23. The molecule has 0 amide bonds. The highest BCUT2D eigenvalue weighted by atomic mass is 16.5. The second kappa shape index (κ2) is 4.63. The fourth-order valence-electron chi connectivity index (χ4n) is 2.04. The molecule has 0 N–H and O–H groups in total. The van der Waals surface area contributed by atoms with Gasteiger partial charge in [-0.3, -0.25) is 0 Å². The molecule has 0 bridgehead atoms. The Kier molecular flexibility index (Phi) is 3.96. The Labute approximate surface area is 88.6 Å². The van der Waals surface area contributed by atoms with E-state index in [4.69, 9.17) is 4.74 Å². The van der Waals surface area contributed by atoms with Gasteiger partial charge in [-0.15, -0.1) is 0 Å². The van der Waals surface area contributed by atoms with Crippen LogP contribution >= 0.6 is 0 Å². The van der Waals surface area contributed by atoms with E-state index in [1.165, 1.54) is 19.3 Å². The summed E-state index contributed by atoms with van der Waals surface area (Å²) in [4.78, 5) is 2.34. The van der Waals surface area contributed by atoms with Crippen LogP contribution in [0.2, 0.25) is 0 Å². The lowest BCUT2D eigenvalue weighted by molar-refractivity contribution is -0.0218. The fraction of sp³-hybridized carbons (Fsp3) is 1.00. The minimum absolute atomic E-state index is 0.0240. The average molecular weight is 199 g/mol. The minimum atomic E-state index is 0.0240. The van der Waals surface area contributed by atoms with E-state index >= 15 is 0 Å². The quantitative estimate of drug-likeness (QED) is 0.692. The van der Waals surface area contributed by atoms with Crippen LogP contribution in [-0.2, 0) is 4.74 Å². The van der Waals surface area contributed by atoms with Crippen LogP contribution in [0.25, 0.3) is 0 Å². The molecule has 0 saturated heterocycles. The normalized spacial score (nSPS) is 28.7. The van der Waals surface area contributed by atoms with Gasteiger partial charge in [0.15, 0.2) is 0 Å². The highest BCUT2D eigenvalue weighted by Crippen LogP contribution is 2.29. The van der Waals surface area contributed by atoms with Crippen LogP contribution in [0.5, 0.6) is 0 Å². The van der Waals surface area contributed by atoms with E-state index < -0.39 is 0 Å². The molecule has 0 aromatic carbocycles. The van der Waals surface area contributed by atoms with Crippen molar-refractivity contribution in [1.82, 2.24) is 4.90 Å². The zero-order valence-electron chi connectivity index (χ0n) is 10.3. The minimum Gasteiger partial charge on any atom is -0.376 e. The third-order valence-corrected chi connectivity index (χ3v) is 3.00. The summed E-state index contributed by atoms with van der Waals surface area (Å²) < 4.78 is 5.82. The van der Waals surface area contributed by atoms with Crippen LogP contribution < -0.4 is 0 Å². The van der Waals surface area contributed by atoms with Gasteiger partial charge in [0, 0.05) is 6.04 Å². The van der Waals surface area contributed by atoms with Gasteiger partial charge in [-0.2, -0.15) is 0 Å². The van der Waals surface area contributed by atoms with Gasteiger partial charge in [-0.05, 0) is 60.0 Å². The third-order valence-electron chi connectivity index (χ3n) is 3.00. The second-order valence-corrected chi connectivity index (χ2v) is 5.72. The molecule has 0 unspecified atom stereocenters. The Morgan fingerprint density at radius 1 is 1.21 bits per heavy atom. The van der Waals surface area contributed by atoms with Gasteiger partial charge < -0.3 is 9.64 Å². The van der Waals surface area contributed by atoms with Crippen molar-refractivity contribution < 1.29 is 4.74 Å². The summed E-state index contributed by atoms with van der Waals surface area (Å²) in [6.45, 7) is 7.33. The molecule has 0 aromatic heterocycles. The van der Waals surface area contributed by atoms with E-state index in [9.17, 15) is 0 Å². The molecule has 0 aliphatic heterocycles. The molecular formula is C12H25NO. The second-order valence-electron chi connectivity index (χ2n) is 5.72. The first kappa shape index (κ1) is 12.0. The molecule has 2 heteroatoms. The molecule has 1 aliphatic rings. The van der Waals surface area contributed by atoms with Crippen molar-refractivity contribution in [2.45, 2.75) is 51.7 Å². The molecule has 1 fully saturated rings. The zero-order valence-corrected chi connectivity index (χ0v) is 10.3. The van der Waals surface area contributed by atoms with Crippen molar-refractivity contribution >= 4 is 0 Å². The van der Waals surface area contributed by atoms with Gasteiger partial charge in [0.05, 0.1) is 12.2 Å². The maximum absolute atomic E-state index is 5.82. The summed E-state index contributed by atoms with van der Waals surface area (Å²) in [6, 6.07) is 0.781. The van der Waals surface area contributed by atoms with Gasteiger partial charge in [-0.1, -0.05) is 0 Å². The van der Waals surface area contributed by atoms with Crippen LogP contribution in [0, 0.1) is 5.92 Å². The van der Waals surface area contributed by atoms with Crippen molar-refractivity contribution in [2.75, 3.05) is 20.7 Å². The smallest absolute Gasteiger partial charge is 0.0598 e. The first-order valence-electron chi connectivity index (χ1n) is 5.69. The van der Waals surface area contributed by atoms with Crippen LogP contribution in [0.1, 0.15) is 40.0 Å². The van der Waals surface area contributed by atoms with Crippen LogP contribution in [-0.4, -0.2) is 37.2 Å². The van der Waals surface area contributed by atoms with Crippen molar-refractivity contribution in [3.8, 4) is 0 Å². The van der Waals surface area contributed by atoms with Gasteiger partial charge in [0.25, 0.3) is 0 Å². The first-order valence-corrected chi connectivity index (χ1v) is 5.69. The molecule has 2 nitrogen and oxygen atoms in total. The number of ether oxygens (including phenoxy) is 1. The summed E-state index contributed by atoms with van der Waals surface area (Å²) in [6.07, 6.45) is 3.98. The molecule has 14 heavy (non-hydrogen) atoms. The van der Waals surface area contributed by atoms with Crippen LogP contribution in [0.15, 0.2) is 0 Å². The first-order chi connectivity index (χ1) is 6.38. The van der Waals surface area contributed by atoms with Gasteiger partial charge in [0.2, 0.25) is 0 Å². The zero-order chi connectivity index (χ0) is 10.8. The van der Waals surface area contributed by atoms with Crippen LogP contribution in [0.4, 0.5) is 0 Å². The summed E-state index contributed by atoms with van der Waals surface area (Å²) in [5.41, 5.74) is 0.0240. The Morgan fingerprint density at radius 3 is 2.29 bits per heavy atom. The van der Waals surface area contributed by atoms with E-state index in [0.29, 0.717) is 0 Å². The molecule has 0 heterocycles. The Morgan fingerprint density at radius 2 is 1.86 bits per heavy atom. The Balaban J connectivity index is 2.23. The molecule has 0 radical (unpaired) electrons. The fourth-order valence-corrected chi connectivity index (χ4v) is 2.04. The van der Waals surface area contributed by atoms with E-state index in [-0.39, 0.29) is 5.60 Å². The lowest BCUT2D eigenvalue weighted by Crippen LogP contribution is -2.26. The molecule has 1 aliphatic carbocycles. The molecule has 0 spiro atoms. The van der Waals surface area contributed by atoms with Gasteiger partial charge in [0.1, 0.15) is 0 Å². The average Bonchev–Trinajstić information content (AvgIpc) is 2.47. The van der Waals surface area contributed by atoms with Gasteiger partial charge >= 0.3 is 0 Å².